The molecule has 26 heavy (non-hydrogen) atoms. The lowest BCUT2D eigenvalue weighted by Gasteiger charge is -2.34. The Morgan fingerprint density at radius 2 is 1.92 bits per heavy atom. The summed E-state index contributed by atoms with van der Waals surface area (Å²) in [6, 6.07) is 6.57. The molecule has 2 aliphatic heterocycles. The Balaban J connectivity index is 1.70. The van der Waals surface area contributed by atoms with E-state index in [1.165, 1.54) is 22.6 Å². The van der Waals surface area contributed by atoms with Gasteiger partial charge in [0, 0.05) is 25.2 Å². The second kappa shape index (κ2) is 6.72. The van der Waals surface area contributed by atoms with Gasteiger partial charge in [0.2, 0.25) is 10.0 Å². The Kier molecular flexibility index (Phi) is 4.54. The second-order valence-corrected chi connectivity index (χ2v) is 8.68. The van der Waals surface area contributed by atoms with Crippen LogP contribution in [0.2, 0.25) is 5.15 Å². The van der Waals surface area contributed by atoms with Gasteiger partial charge in [0.25, 0.3) is 0 Å². The van der Waals surface area contributed by atoms with Crippen LogP contribution in [0.25, 0.3) is 0 Å². The second-order valence-electron chi connectivity index (χ2n) is 6.41. The summed E-state index contributed by atoms with van der Waals surface area (Å²) in [4.78, 5) is 4.05. The van der Waals surface area contributed by atoms with Gasteiger partial charge in [-0.15, -0.1) is 0 Å². The minimum atomic E-state index is -3.66. The van der Waals surface area contributed by atoms with Crippen LogP contribution in [-0.2, 0) is 16.4 Å². The van der Waals surface area contributed by atoms with E-state index >= 15 is 0 Å². The van der Waals surface area contributed by atoms with E-state index in [0.717, 1.165) is 23.3 Å². The van der Waals surface area contributed by atoms with E-state index in [1.807, 2.05) is 19.1 Å². The molecule has 0 saturated carbocycles. The molecule has 1 aromatic heterocycles. The van der Waals surface area contributed by atoms with Crippen molar-refractivity contribution in [3.05, 3.63) is 46.7 Å². The van der Waals surface area contributed by atoms with Crippen LogP contribution in [-0.4, -0.2) is 37.5 Å². The SMILES string of the molecule is CC1c2cc3c(cc2CCN1S(=O)(=O)c1ccc(Cl)nc1)OCCCO3. The summed E-state index contributed by atoms with van der Waals surface area (Å²) in [7, 11) is -3.66. The third-order valence-corrected chi connectivity index (χ3v) is 6.98. The van der Waals surface area contributed by atoms with Crippen molar-refractivity contribution >= 4 is 21.6 Å². The summed E-state index contributed by atoms with van der Waals surface area (Å²) in [6.45, 7) is 3.52. The lowest BCUT2D eigenvalue weighted by molar-refractivity contribution is 0.296. The van der Waals surface area contributed by atoms with Gasteiger partial charge in [-0.2, -0.15) is 4.31 Å². The Bertz CT molecular complexity index is 931. The number of pyridine rings is 1. The Morgan fingerprint density at radius 3 is 2.62 bits per heavy atom. The lowest BCUT2D eigenvalue weighted by atomic mass is 9.94. The molecular weight excluding hydrogens is 376 g/mol. The summed E-state index contributed by atoms with van der Waals surface area (Å²) in [6.07, 6.45) is 2.75. The van der Waals surface area contributed by atoms with Gasteiger partial charge in [0.15, 0.2) is 11.5 Å². The van der Waals surface area contributed by atoms with Gasteiger partial charge in [-0.1, -0.05) is 11.6 Å². The zero-order valence-electron chi connectivity index (χ0n) is 14.3. The first-order chi connectivity index (χ1) is 12.5. The Morgan fingerprint density at radius 1 is 1.19 bits per heavy atom. The number of aromatic nitrogens is 1. The minimum Gasteiger partial charge on any atom is -0.490 e. The van der Waals surface area contributed by atoms with Gasteiger partial charge in [0.1, 0.15) is 10.0 Å². The molecule has 0 fully saturated rings. The number of rotatable bonds is 2. The first kappa shape index (κ1) is 17.6. The van der Waals surface area contributed by atoms with E-state index in [0.29, 0.717) is 31.9 Å². The monoisotopic (exact) mass is 394 g/mol. The summed E-state index contributed by atoms with van der Waals surface area (Å²) >= 11 is 5.78. The fourth-order valence-corrected chi connectivity index (χ4v) is 5.10. The highest BCUT2D eigenvalue weighted by Crippen LogP contribution is 2.40. The molecule has 0 aliphatic carbocycles. The first-order valence-electron chi connectivity index (χ1n) is 8.52. The van der Waals surface area contributed by atoms with Crippen LogP contribution >= 0.6 is 11.6 Å². The fourth-order valence-electron chi connectivity index (χ4n) is 3.43. The molecule has 138 valence electrons. The number of hydrogen-bond donors (Lipinski definition) is 0. The minimum absolute atomic E-state index is 0.145. The molecule has 0 N–H and O–H groups in total. The van der Waals surface area contributed by atoms with Crippen molar-refractivity contribution in [1.82, 2.24) is 9.29 Å². The highest BCUT2D eigenvalue weighted by Gasteiger charge is 2.35. The maximum atomic E-state index is 13.0. The number of halogens is 1. The van der Waals surface area contributed by atoms with Crippen LogP contribution in [0.3, 0.4) is 0 Å². The van der Waals surface area contributed by atoms with E-state index in [2.05, 4.69) is 4.98 Å². The van der Waals surface area contributed by atoms with Gasteiger partial charge in [-0.05, 0) is 48.7 Å². The molecule has 1 unspecified atom stereocenters. The highest BCUT2D eigenvalue weighted by atomic mass is 35.5. The molecule has 0 saturated heterocycles. The molecule has 1 aromatic carbocycles. The van der Waals surface area contributed by atoms with Gasteiger partial charge < -0.3 is 9.47 Å². The summed E-state index contributed by atoms with van der Waals surface area (Å²) in [5, 5.41) is 0.265. The van der Waals surface area contributed by atoms with Crippen LogP contribution in [0.1, 0.15) is 30.5 Å². The number of sulfonamides is 1. The van der Waals surface area contributed by atoms with E-state index in [4.69, 9.17) is 21.1 Å². The quantitative estimate of drug-likeness (QED) is 0.731. The predicted octanol–water partition coefficient (Wildman–Crippen LogP) is 3.20. The molecule has 4 rings (SSSR count). The standard InChI is InChI=1S/C18H19ClN2O4S/c1-12-15-10-17-16(24-7-2-8-25-17)9-13(15)5-6-21(12)26(22,23)14-3-4-18(19)20-11-14/h3-4,9-12H,2,5-8H2,1H3. The van der Waals surface area contributed by atoms with Crippen LogP contribution < -0.4 is 9.47 Å². The molecule has 2 aromatic rings. The van der Waals surface area contributed by atoms with Gasteiger partial charge in [-0.3, -0.25) is 0 Å². The van der Waals surface area contributed by atoms with Crippen molar-refractivity contribution in [1.29, 1.82) is 0 Å². The molecule has 0 bridgehead atoms. The van der Waals surface area contributed by atoms with Gasteiger partial charge in [-0.25, -0.2) is 13.4 Å². The average molecular weight is 395 g/mol. The molecule has 8 heteroatoms. The Labute approximate surface area is 157 Å². The maximum Gasteiger partial charge on any atom is 0.245 e. The third-order valence-electron chi connectivity index (χ3n) is 4.80. The molecule has 6 nitrogen and oxygen atoms in total. The van der Waals surface area contributed by atoms with E-state index in [1.54, 1.807) is 0 Å². The molecule has 2 aliphatic rings. The summed E-state index contributed by atoms with van der Waals surface area (Å²) in [5.74, 6) is 1.42. The van der Waals surface area contributed by atoms with Gasteiger partial charge in [0.05, 0.1) is 13.2 Å². The number of hydrogen-bond acceptors (Lipinski definition) is 5. The number of fused-ring (bicyclic) bond motifs is 2. The smallest absolute Gasteiger partial charge is 0.245 e. The fraction of sp³-hybridized carbons (Fsp3) is 0.389. The zero-order chi connectivity index (χ0) is 18.3. The molecular formula is C18H19ClN2O4S. The Hall–Kier alpha value is -1.83. The molecule has 0 spiro atoms. The van der Waals surface area contributed by atoms with Crippen LogP contribution in [0.5, 0.6) is 11.5 Å². The van der Waals surface area contributed by atoms with Crippen molar-refractivity contribution in [2.75, 3.05) is 19.8 Å². The van der Waals surface area contributed by atoms with Crippen LogP contribution in [0.4, 0.5) is 0 Å². The average Bonchev–Trinajstić information content (AvgIpc) is 2.85. The van der Waals surface area contributed by atoms with Crippen molar-refractivity contribution in [3.8, 4) is 11.5 Å². The molecule has 3 heterocycles. The molecule has 0 radical (unpaired) electrons. The van der Waals surface area contributed by atoms with Crippen molar-refractivity contribution < 1.29 is 17.9 Å². The number of ether oxygens (including phenoxy) is 2. The zero-order valence-corrected chi connectivity index (χ0v) is 15.9. The number of benzene rings is 1. The first-order valence-corrected chi connectivity index (χ1v) is 10.3. The van der Waals surface area contributed by atoms with Crippen molar-refractivity contribution in [2.45, 2.75) is 30.7 Å². The van der Waals surface area contributed by atoms with Crippen LogP contribution in [0.15, 0.2) is 35.4 Å². The molecule has 0 amide bonds. The largest absolute Gasteiger partial charge is 0.490 e. The number of nitrogens with zero attached hydrogens (tertiary/aromatic N) is 2. The third kappa shape index (κ3) is 3.04. The van der Waals surface area contributed by atoms with E-state index in [-0.39, 0.29) is 16.1 Å². The predicted molar refractivity (Wildman–Crippen MR) is 97.3 cm³/mol. The van der Waals surface area contributed by atoms with Crippen LogP contribution in [0, 0.1) is 0 Å². The van der Waals surface area contributed by atoms with E-state index in [9.17, 15) is 8.42 Å². The highest BCUT2D eigenvalue weighted by molar-refractivity contribution is 7.89. The lowest BCUT2D eigenvalue weighted by Crippen LogP contribution is -2.38. The summed E-state index contributed by atoms with van der Waals surface area (Å²) in [5.41, 5.74) is 2.05. The topological polar surface area (TPSA) is 68.7 Å². The van der Waals surface area contributed by atoms with Gasteiger partial charge >= 0.3 is 0 Å². The van der Waals surface area contributed by atoms with E-state index < -0.39 is 10.0 Å². The van der Waals surface area contributed by atoms with Crippen molar-refractivity contribution in [2.24, 2.45) is 0 Å². The maximum absolute atomic E-state index is 13.0. The normalized spacial score (nSPS) is 20.3. The molecule has 1 atom stereocenters. The summed E-state index contributed by atoms with van der Waals surface area (Å²) < 4.78 is 39.1. The van der Waals surface area contributed by atoms with Crippen molar-refractivity contribution in [3.63, 3.8) is 0 Å².